The van der Waals surface area contributed by atoms with Crippen molar-refractivity contribution in [3.05, 3.63) is 24.0 Å². The molecule has 2 aliphatic rings. The lowest BCUT2D eigenvalue weighted by molar-refractivity contribution is 0.0886. The summed E-state index contributed by atoms with van der Waals surface area (Å²) in [6, 6.07) is 4.57. The molecule has 1 unspecified atom stereocenters. The third kappa shape index (κ3) is 5.44. The largest absolute Gasteiger partial charge is 0.370 e. The number of carbonyl (C=O) groups excluding carboxylic acids is 1. The van der Waals surface area contributed by atoms with Crippen LogP contribution in [0.15, 0.2) is 18.3 Å². The molecule has 0 spiro atoms. The van der Waals surface area contributed by atoms with Gasteiger partial charge in [-0.3, -0.25) is 9.69 Å². The van der Waals surface area contributed by atoms with Gasteiger partial charge in [0.25, 0.3) is 5.91 Å². The Labute approximate surface area is 164 Å². The molecule has 0 aliphatic carbocycles. The highest BCUT2D eigenvalue weighted by atomic mass is 16.1. The van der Waals surface area contributed by atoms with E-state index in [-0.39, 0.29) is 5.91 Å². The molecule has 5 nitrogen and oxygen atoms in total. The van der Waals surface area contributed by atoms with Crippen LogP contribution in [0.4, 0.5) is 5.69 Å². The lowest BCUT2D eigenvalue weighted by Gasteiger charge is -2.43. The van der Waals surface area contributed by atoms with Crippen LogP contribution in [-0.4, -0.2) is 55.1 Å². The predicted molar refractivity (Wildman–Crippen MR) is 111 cm³/mol. The van der Waals surface area contributed by atoms with Crippen LogP contribution in [0.25, 0.3) is 0 Å². The number of anilines is 1. The van der Waals surface area contributed by atoms with E-state index in [9.17, 15) is 4.79 Å². The van der Waals surface area contributed by atoms with Crippen LogP contribution in [0.3, 0.4) is 0 Å². The standard InChI is InChI=1S/C22H36N4O/c1-22(2,3)14-17-6-5-11-26(16-17)18-9-12-25(13-10-18)19-7-8-20(24-15-19)21(27)23-4/h7-8,15,17-18H,5-6,9-14,16H2,1-4H3,(H,23,27). The van der Waals surface area contributed by atoms with E-state index in [4.69, 9.17) is 0 Å². The quantitative estimate of drug-likeness (QED) is 0.878. The zero-order chi connectivity index (χ0) is 19.4. The number of hydrogen-bond acceptors (Lipinski definition) is 4. The van der Waals surface area contributed by atoms with Crippen molar-refractivity contribution in [2.24, 2.45) is 11.3 Å². The summed E-state index contributed by atoms with van der Waals surface area (Å²) >= 11 is 0. The minimum atomic E-state index is -0.129. The average Bonchev–Trinajstić information content (AvgIpc) is 2.66. The maximum atomic E-state index is 11.6. The molecule has 1 N–H and O–H groups in total. The van der Waals surface area contributed by atoms with Crippen LogP contribution in [0, 0.1) is 11.3 Å². The number of nitrogens with one attached hydrogen (secondary N) is 1. The molecule has 3 heterocycles. The highest BCUT2D eigenvalue weighted by molar-refractivity contribution is 5.92. The Morgan fingerprint density at radius 1 is 1.19 bits per heavy atom. The first-order valence-corrected chi connectivity index (χ1v) is 10.5. The Hall–Kier alpha value is -1.62. The molecular weight excluding hydrogens is 336 g/mol. The van der Waals surface area contributed by atoms with Gasteiger partial charge in [-0.1, -0.05) is 20.8 Å². The minimum absolute atomic E-state index is 0.129. The Morgan fingerprint density at radius 2 is 1.93 bits per heavy atom. The van der Waals surface area contributed by atoms with Crippen LogP contribution >= 0.6 is 0 Å². The smallest absolute Gasteiger partial charge is 0.269 e. The summed E-state index contributed by atoms with van der Waals surface area (Å²) in [5, 5.41) is 2.62. The van der Waals surface area contributed by atoms with Crippen molar-refractivity contribution in [2.75, 3.05) is 38.1 Å². The summed E-state index contributed by atoms with van der Waals surface area (Å²) in [5.41, 5.74) is 2.05. The molecule has 5 heteroatoms. The van der Waals surface area contributed by atoms with Crippen molar-refractivity contribution in [3.63, 3.8) is 0 Å². The van der Waals surface area contributed by atoms with Crippen molar-refractivity contribution >= 4 is 11.6 Å². The van der Waals surface area contributed by atoms with Gasteiger partial charge in [-0.05, 0) is 62.1 Å². The molecule has 0 radical (unpaired) electrons. The Bertz CT molecular complexity index is 614. The van der Waals surface area contributed by atoms with Gasteiger partial charge in [0.05, 0.1) is 11.9 Å². The zero-order valence-corrected chi connectivity index (χ0v) is 17.5. The van der Waals surface area contributed by atoms with Crippen molar-refractivity contribution in [2.45, 2.75) is 58.9 Å². The minimum Gasteiger partial charge on any atom is -0.370 e. The van der Waals surface area contributed by atoms with Gasteiger partial charge in [0, 0.05) is 32.7 Å². The van der Waals surface area contributed by atoms with E-state index >= 15 is 0 Å². The zero-order valence-electron chi connectivity index (χ0n) is 17.5. The monoisotopic (exact) mass is 372 g/mol. The molecule has 1 aromatic heterocycles. The Kier molecular flexibility index (Phi) is 6.40. The van der Waals surface area contributed by atoms with Gasteiger partial charge in [-0.15, -0.1) is 0 Å². The number of piperidine rings is 2. The maximum absolute atomic E-state index is 11.6. The van der Waals surface area contributed by atoms with E-state index in [0.29, 0.717) is 11.1 Å². The number of pyridine rings is 1. The lowest BCUT2D eigenvalue weighted by Crippen LogP contribution is -2.49. The fourth-order valence-corrected chi connectivity index (χ4v) is 4.79. The summed E-state index contributed by atoms with van der Waals surface area (Å²) < 4.78 is 0. The van der Waals surface area contributed by atoms with Crippen LogP contribution in [-0.2, 0) is 0 Å². The second kappa shape index (κ2) is 8.59. The summed E-state index contributed by atoms with van der Waals surface area (Å²) in [6.45, 7) is 11.8. The molecule has 0 saturated carbocycles. The van der Waals surface area contributed by atoms with Gasteiger partial charge in [-0.25, -0.2) is 4.98 Å². The summed E-state index contributed by atoms with van der Waals surface area (Å²) in [7, 11) is 1.63. The molecule has 1 aromatic rings. The van der Waals surface area contributed by atoms with E-state index in [0.717, 1.165) is 30.7 Å². The molecule has 0 aromatic carbocycles. The molecule has 3 rings (SSSR count). The van der Waals surface area contributed by atoms with E-state index in [2.05, 4.69) is 40.9 Å². The first-order chi connectivity index (χ1) is 12.9. The third-order valence-corrected chi connectivity index (χ3v) is 6.01. The van der Waals surface area contributed by atoms with Crippen molar-refractivity contribution in [3.8, 4) is 0 Å². The number of amides is 1. The molecule has 2 fully saturated rings. The molecule has 150 valence electrons. The maximum Gasteiger partial charge on any atom is 0.269 e. The summed E-state index contributed by atoms with van der Waals surface area (Å²) in [5.74, 6) is 0.730. The van der Waals surface area contributed by atoms with Crippen LogP contribution in [0.2, 0.25) is 0 Å². The van der Waals surface area contributed by atoms with Crippen molar-refractivity contribution in [1.82, 2.24) is 15.2 Å². The number of hydrogen-bond donors (Lipinski definition) is 1. The second-order valence-electron chi connectivity index (χ2n) is 9.47. The second-order valence-corrected chi connectivity index (χ2v) is 9.47. The average molecular weight is 373 g/mol. The number of nitrogens with zero attached hydrogens (tertiary/aromatic N) is 3. The predicted octanol–water partition coefficient (Wildman–Crippen LogP) is 3.56. The SMILES string of the molecule is CNC(=O)c1ccc(N2CCC(N3CCCC(CC(C)(C)C)C3)CC2)cn1. The van der Waals surface area contributed by atoms with E-state index in [1.165, 1.54) is 45.2 Å². The number of rotatable bonds is 4. The first-order valence-electron chi connectivity index (χ1n) is 10.5. The van der Waals surface area contributed by atoms with E-state index in [1.807, 2.05) is 18.3 Å². The van der Waals surface area contributed by atoms with Gasteiger partial charge in [0.1, 0.15) is 5.69 Å². The lowest BCUT2D eigenvalue weighted by atomic mass is 9.80. The molecule has 2 aliphatic heterocycles. The highest BCUT2D eigenvalue weighted by Gasteiger charge is 2.30. The normalized spacial score (nSPS) is 22.7. The number of carbonyl (C=O) groups is 1. The van der Waals surface area contributed by atoms with Gasteiger partial charge >= 0.3 is 0 Å². The molecule has 27 heavy (non-hydrogen) atoms. The molecule has 1 amide bonds. The molecular formula is C22H36N4O. The summed E-state index contributed by atoms with van der Waals surface area (Å²) in [6.07, 6.45) is 8.37. The topological polar surface area (TPSA) is 48.5 Å². The van der Waals surface area contributed by atoms with Crippen LogP contribution in [0.1, 0.15) is 63.4 Å². The summed E-state index contributed by atoms with van der Waals surface area (Å²) in [4.78, 5) is 21.1. The fourth-order valence-electron chi connectivity index (χ4n) is 4.79. The van der Waals surface area contributed by atoms with Crippen LogP contribution in [0.5, 0.6) is 0 Å². The van der Waals surface area contributed by atoms with Gasteiger partial charge in [0.15, 0.2) is 0 Å². The highest BCUT2D eigenvalue weighted by Crippen LogP contribution is 2.32. The molecule has 2 saturated heterocycles. The number of aromatic nitrogens is 1. The Balaban J connectivity index is 1.52. The first kappa shape index (κ1) is 20.1. The van der Waals surface area contributed by atoms with Gasteiger partial charge < -0.3 is 10.2 Å². The third-order valence-electron chi connectivity index (χ3n) is 6.01. The van der Waals surface area contributed by atoms with Crippen molar-refractivity contribution < 1.29 is 4.79 Å². The Morgan fingerprint density at radius 3 is 2.52 bits per heavy atom. The van der Waals surface area contributed by atoms with Crippen molar-refractivity contribution in [1.29, 1.82) is 0 Å². The van der Waals surface area contributed by atoms with Gasteiger partial charge in [-0.2, -0.15) is 0 Å². The molecule has 1 atom stereocenters. The van der Waals surface area contributed by atoms with Crippen LogP contribution < -0.4 is 10.2 Å². The van der Waals surface area contributed by atoms with Gasteiger partial charge in [0.2, 0.25) is 0 Å². The number of likely N-dealkylation sites (tertiary alicyclic amines) is 1. The molecule has 0 bridgehead atoms. The van der Waals surface area contributed by atoms with E-state index in [1.54, 1.807) is 7.05 Å². The van der Waals surface area contributed by atoms with E-state index < -0.39 is 0 Å². The fraction of sp³-hybridized carbons (Fsp3) is 0.727.